The molecule has 0 aliphatic carbocycles. The van der Waals surface area contributed by atoms with E-state index in [1.165, 1.54) is 6.39 Å². The molecule has 60 valence electrons. The maximum absolute atomic E-state index is 5.18. The minimum Gasteiger partial charge on any atom is -0.442 e. The van der Waals surface area contributed by atoms with E-state index >= 15 is 0 Å². The van der Waals surface area contributed by atoms with Crippen molar-refractivity contribution in [3.63, 3.8) is 0 Å². The zero-order valence-corrected chi connectivity index (χ0v) is 6.69. The summed E-state index contributed by atoms with van der Waals surface area (Å²) in [4.78, 5) is 8.13. The predicted molar refractivity (Wildman–Crippen MR) is 44.5 cm³/mol. The Hall–Kier alpha value is -1.64. The van der Waals surface area contributed by atoms with Crippen LogP contribution in [0.3, 0.4) is 0 Å². The zero-order chi connectivity index (χ0) is 8.39. The second-order valence-electron chi connectivity index (χ2n) is 2.48. The summed E-state index contributed by atoms with van der Waals surface area (Å²) >= 11 is 0. The molecule has 0 spiro atoms. The van der Waals surface area contributed by atoms with Gasteiger partial charge in [0.2, 0.25) is 0 Å². The second kappa shape index (κ2) is 2.77. The summed E-state index contributed by atoms with van der Waals surface area (Å²) in [6, 6.07) is 5.69. The van der Waals surface area contributed by atoms with Crippen LogP contribution in [-0.4, -0.2) is 9.97 Å². The van der Waals surface area contributed by atoms with E-state index < -0.39 is 0 Å². The quantitative estimate of drug-likeness (QED) is 0.640. The Morgan fingerprint density at radius 2 is 2.17 bits per heavy atom. The van der Waals surface area contributed by atoms with Gasteiger partial charge >= 0.3 is 0 Å². The lowest BCUT2D eigenvalue weighted by molar-refractivity contribution is 0.569. The molecule has 0 saturated heterocycles. The highest BCUT2D eigenvalue weighted by Gasteiger charge is 2.05. The predicted octanol–water partition coefficient (Wildman–Crippen LogP) is 2.05. The van der Waals surface area contributed by atoms with Crippen molar-refractivity contribution in [1.82, 2.24) is 9.97 Å². The Morgan fingerprint density at radius 1 is 1.25 bits per heavy atom. The van der Waals surface area contributed by atoms with Crippen LogP contribution in [0.5, 0.6) is 0 Å². The van der Waals surface area contributed by atoms with Crippen LogP contribution >= 0.6 is 0 Å². The topological polar surface area (TPSA) is 38.9 Å². The summed E-state index contributed by atoms with van der Waals surface area (Å²) in [5, 5.41) is 0. The SMILES string of the molecule is Cc1ncoc1-c1ccccn1. The molecule has 2 heterocycles. The largest absolute Gasteiger partial charge is 0.442 e. The van der Waals surface area contributed by atoms with Crippen LogP contribution in [0.1, 0.15) is 5.69 Å². The molecule has 2 aromatic rings. The average molecular weight is 160 g/mol. The molecule has 3 nitrogen and oxygen atoms in total. The van der Waals surface area contributed by atoms with Gasteiger partial charge in [-0.3, -0.25) is 4.98 Å². The van der Waals surface area contributed by atoms with Crippen LogP contribution in [-0.2, 0) is 0 Å². The molecule has 2 rings (SSSR count). The highest BCUT2D eigenvalue weighted by Crippen LogP contribution is 2.18. The highest BCUT2D eigenvalue weighted by atomic mass is 16.3. The van der Waals surface area contributed by atoms with Crippen molar-refractivity contribution in [1.29, 1.82) is 0 Å². The van der Waals surface area contributed by atoms with Crippen molar-refractivity contribution in [2.24, 2.45) is 0 Å². The Bertz CT molecular complexity index is 367. The average Bonchev–Trinajstić information content (AvgIpc) is 2.53. The summed E-state index contributed by atoms with van der Waals surface area (Å²) < 4.78 is 5.18. The number of hydrogen-bond acceptors (Lipinski definition) is 3. The van der Waals surface area contributed by atoms with Gasteiger partial charge < -0.3 is 4.42 Å². The molecule has 3 heteroatoms. The summed E-state index contributed by atoms with van der Waals surface area (Å²) in [7, 11) is 0. The van der Waals surface area contributed by atoms with E-state index in [1.54, 1.807) is 6.20 Å². The molecule has 0 saturated carbocycles. The van der Waals surface area contributed by atoms with Gasteiger partial charge in [-0.15, -0.1) is 0 Å². The lowest BCUT2D eigenvalue weighted by Crippen LogP contribution is -1.81. The Kier molecular flexibility index (Phi) is 1.63. The van der Waals surface area contributed by atoms with Gasteiger partial charge in [-0.1, -0.05) is 6.07 Å². The fourth-order valence-corrected chi connectivity index (χ4v) is 1.04. The molecule has 0 atom stereocenters. The van der Waals surface area contributed by atoms with Crippen LogP contribution in [0, 0.1) is 6.92 Å². The summed E-state index contributed by atoms with van der Waals surface area (Å²) in [6.07, 6.45) is 3.16. The second-order valence-corrected chi connectivity index (χ2v) is 2.48. The molecule has 12 heavy (non-hydrogen) atoms. The number of pyridine rings is 1. The molecular weight excluding hydrogens is 152 g/mol. The van der Waals surface area contributed by atoms with E-state index in [-0.39, 0.29) is 0 Å². The number of hydrogen-bond donors (Lipinski definition) is 0. The first kappa shape index (κ1) is 7.03. The maximum atomic E-state index is 5.18. The van der Waals surface area contributed by atoms with E-state index in [0.29, 0.717) is 0 Å². The molecule has 0 N–H and O–H groups in total. The Labute approximate surface area is 70.1 Å². The van der Waals surface area contributed by atoms with E-state index in [1.807, 2.05) is 25.1 Å². The maximum Gasteiger partial charge on any atom is 0.181 e. The third kappa shape index (κ3) is 1.09. The van der Waals surface area contributed by atoms with Gasteiger partial charge in [-0.25, -0.2) is 4.98 Å². The van der Waals surface area contributed by atoms with Crippen LogP contribution in [0.4, 0.5) is 0 Å². The van der Waals surface area contributed by atoms with Gasteiger partial charge in [-0.05, 0) is 19.1 Å². The van der Waals surface area contributed by atoms with Crippen molar-refractivity contribution < 1.29 is 4.42 Å². The number of nitrogens with zero attached hydrogens (tertiary/aromatic N) is 2. The molecule has 2 aromatic heterocycles. The highest BCUT2D eigenvalue weighted by molar-refractivity contribution is 5.53. The van der Waals surface area contributed by atoms with Crippen LogP contribution in [0.2, 0.25) is 0 Å². The molecular formula is C9H8N2O. The fraction of sp³-hybridized carbons (Fsp3) is 0.111. The third-order valence-corrected chi connectivity index (χ3v) is 1.64. The van der Waals surface area contributed by atoms with Gasteiger partial charge in [0.05, 0.1) is 5.69 Å². The van der Waals surface area contributed by atoms with E-state index in [9.17, 15) is 0 Å². The molecule has 0 radical (unpaired) electrons. The normalized spacial score (nSPS) is 10.1. The van der Waals surface area contributed by atoms with Crippen molar-refractivity contribution in [3.8, 4) is 11.5 Å². The molecule has 0 aliphatic rings. The molecule has 0 aromatic carbocycles. The van der Waals surface area contributed by atoms with E-state index in [4.69, 9.17) is 4.42 Å². The van der Waals surface area contributed by atoms with Gasteiger partial charge in [0.25, 0.3) is 0 Å². The van der Waals surface area contributed by atoms with Crippen LogP contribution in [0.15, 0.2) is 35.2 Å². The van der Waals surface area contributed by atoms with Crippen molar-refractivity contribution in [2.75, 3.05) is 0 Å². The van der Waals surface area contributed by atoms with Crippen molar-refractivity contribution in [3.05, 3.63) is 36.5 Å². The summed E-state index contributed by atoms with van der Waals surface area (Å²) in [5.41, 5.74) is 1.70. The number of oxazole rings is 1. The minimum atomic E-state index is 0.746. The number of rotatable bonds is 1. The minimum absolute atomic E-state index is 0.746. The molecule has 0 bridgehead atoms. The smallest absolute Gasteiger partial charge is 0.181 e. The van der Waals surface area contributed by atoms with Gasteiger partial charge in [0.15, 0.2) is 12.2 Å². The summed E-state index contributed by atoms with van der Waals surface area (Å²) in [5.74, 6) is 0.746. The van der Waals surface area contributed by atoms with Crippen LogP contribution in [0.25, 0.3) is 11.5 Å². The number of aromatic nitrogens is 2. The third-order valence-electron chi connectivity index (χ3n) is 1.64. The number of aryl methyl sites for hydroxylation is 1. The lowest BCUT2D eigenvalue weighted by Gasteiger charge is -1.93. The standard InChI is InChI=1S/C9H8N2O/c1-7-9(12-6-11-7)8-4-2-3-5-10-8/h2-6H,1H3. The van der Waals surface area contributed by atoms with Crippen LogP contribution < -0.4 is 0 Å². The van der Waals surface area contributed by atoms with E-state index in [0.717, 1.165) is 17.1 Å². The van der Waals surface area contributed by atoms with Crippen molar-refractivity contribution >= 4 is 0 Å². The fourth-order valence-electron chi connectivity index (χ4n) is 1.04. The summed E-state index contributed by atoms with van der Waals surface area (Å²) in [6.45, 7) is 1.90. The lowest BCUT2D eigenvalue weighted by atomic mass is 10.2. The van der Waals surface area contributed by atoms with Gasteiger partial charge in [0.1, 0.15) is 5.69 Å². The molecule has 0 aliphatic heterocycles. The Balaban J connectivity index is 2.51. The molecule has 0 unspecified atom stereocenters. The van der Waals surface area contributed by atoms with Crippen molar-refractivity contribution in [2.45, 2.75) is 6.92 Å². The molecule has 0 fully saturated rings. The first-order valence-electron chi connectivity index (χ1n) is 3.69. The monoisotopic (exact) mass is 160 g/mol. The zero-order valence-electron chi connectivity index (χ0n) is 6.69. The van der Waals surface area contributed by atoms with Gasteiger partial charge in [-0.2, -0.15) is 0 Å². The first-order chi connectivity index (χ1) is 5.88. The Morgan fingerprint density at radius 3 is 2.75 bits per heavy atom. The first-order valence-corrected chi connectivity index (χ1v) is 3.69. The van der Waals surface area contributed by atoms with Gasteiger partial charge in [0, 0.05) is 6.20 Å². The van der Waals surface area contributed by atoms with E-state index in [2.05, 4.69) is 9.97 Å². The molecule has 0 amide bonds.